The van der Waals surface area contributed by atoms with Crippen molar-refractivity contribution in [1.29, 1.82) is 5.26 Å². The van der Waals surface area contributed by atoms with Gasteiger partial charge in [0.25, 0.3) is 0 Å². The van der Waals surface area contributed by atoms with Crippen LogP contribution in [0.2, 0.25) is 0 Å². The van der Waals surface area contributed by atoms with Crippen molar-refractivity contribution in [3.8, 4) is 16.8 Å². The van der Waals surface area contributed by atoms with Gasteiger partial charge in [-0.05, 0) is 55.4 Å². The molecular weight excluding hydrogens is 324 g/mol. The first kappa shape index (κ1) is 15.2. The number of hydrogen-bond donors (Lipinski definition) is 0. The first-order chi connectivity index (χ1) is 11.3. The standard InChI is InChI=1S/C17H20N4S2/c1-11(14-10-12-4-5-13(14)9-12)21-16(15-3-2-7-22-15)19-20-17(21)23-8-6-18/h2-3,7,11-14H,4-5,8-10H2,1H3/t11-,12+,13+,14+/m1/s1. The fourth-order valence-electron chi connectivity index (χ4n) is 4.49. The molecule has 0 N–H and O–H groups in total. The summed E-state index contributed by atoms with van der Waals surface area (Å²) in [6.07, 6.45) is 5.56. The molecule has 0 amide bonds. The second-order valence-corrected chi connectivity index (χ2v) is 8.57. The van der Waals surface area contributed by atoms with Crippen molar-refractivity contribution in [2.75, 3.05) is 5.75 Å². The van der Waals surface area contributed by atoms with Gasteiger partial charge in [-0.2, -0.15) is 5.26 Å². The van der Waals surface area contributed by atoms with Gasteiger partial charge in [0.05, 0.1) is 16.7 Å². The van der Waals surface area contributed by atoms with E-state index in [-0.39, 0.29) is 0 Å². The quantitative estimate of drug-likeness (QED) is 0.743. The highest BCUT2D eigenvalue weighted by molar-refractivity contribution is 7.99. The van der Waals surface area contributed by atoms with Gasteiger partial charge in [-0.25, -0.2) is 0 Å². The van der Waals surface area contributed by atoms with Crippen LogP contribution in [0.15, 0.2) is 22.7 Å². The zero-order valence-corrected chi connectivity index (χ0v) is 14.8. The molecule has 0 spiro atoms. The Morgan fingerprint density at radius 2 is 2.35 bits per heavy atom. The van der Waals surface area contributed by atoms with Gasteiger partial charge >= 0.3 is 0 Å². The fourth-order valence-corrected chi connectivity index (χ4v) is 5.88. The average Bonchev–Trinajstić information content (AvgIpc) is 3.35. The molecule has 4 nitrogen and oxygen atoms in total. The highest BCUT2D eigenvalue weighted by atomic mass is 32.2. The third kappa shape index (κ3) is 2.70. The van der Waals surface area contributed by atoms with Gasteiger partial charge in [-0.3, -0.25) is 4.57 Å². The molecule has 2 aliphatic carbocycles. The lowest BCUT2D eigenvalue weighted by atomic mass is 9.84. The average molecular weight is 345 g/mol. The van der Waals surface area contributed by atoms with Crippen LogP contribution >= 0.6 is 23.1 Å². The van der Waals surface area contributed by atoms with Crippen LogP contribution in [0.1, 0.15) is 38.6 Å². The molecule has 2 aliphatic rings. The highest BCUT2D eigenvalue weighted by Crippen LogP contribution is 2.53. The maximum Gasteiger partial charge on any atom is 0.192 e. The number of nitriles is 1. The van der Waals surface area contributed by atoms with Gasteiger partial charge in [-0.1, -0.05) is 24.2 Å². The van der Waals surface area contributed by atoms with E-state index in [1.807, 2.05) is 0 Å². The number of aromatic nitrogens is 3. The fraction of sp³-hybridized carbons (Fsp3) is 0.588. The second kappa shape index (κ2) is 6.29. The molecule has 0 unspecified atom stereocenters. The van der Waals surface area contributed by atoms with Crippen LogP contribution in [-0.4, -0.2) is 20.5 Å². The van der Waals surface area contributed by atoms with Crippen LogP contribution in [0.3, 0.4) is 0 Å². The summed E-state index contributed by atoms with van der Waals surface area (Å²) in [5.74, 6) is 3.92. The zero-order chi connectivity index (χ0) is 15.8. The van der Waals surface area contributed by atoms with E-state index in [0.29, 0.717) is 11.8 Å². The Labute approximate surface area is 144 Å². The number of thioether (sulfide) groups is 1. The predicted octanol–water partition coefficient (Wildman–Crippen LogP) is 4.62. The molecule has 2 aromatic heterocycles. The van der Waals surface area contributed by atoms with Crippen LogP contribution in [-0.2, 0) is 0 Å². The van der Waals surface area contributed by atoms with E-state index in [1.165, 1.54) is 37.4 Å². The van der Waals surface area contributed by atoms with Crippen LogP contribution in [0.25, 0.3) is 10.7 Å². The maximum atomic E-state index is 8.92. The zero-order valence-electron chi connectivity index (χ0n) is 13.2. The minimum atomic E-state index is 0.401. The lowest BCUT2D eigenvalue weighted by Gasteiger charge is -2.30. The second-order valence-electron chi connectivity index (χ2n) is 6.68. The van der Waals surface area contributed by atoms with E-state index in [1.54, 1.807) is 11.3 Å². The van der Waals surface area contributed by atoms with Gasteiger partial charge in [0.15, 0.2) is 11.0 Å². The molecule has 23 heavy (non-hydrogen) atoms. The Bertz CT molecular complexity index is 716. The van der Waals surface area contributed by atoms with Crippen LogP contribution in [0.4, 0.5) is 0 Å². The maximum absolute atomic E-state index is 8.92. The van der Waals surface area contributed by atoms with Gasteiger partial charge < -0.3 is 0 Å². The largest absolute Gasteiger partial charge is 0.298 e. The van der Waals surface area contributed by atoms with Crippen molar-refractivity contribution in [3.63, 3.8) is 0 Å². The smallest absolute Gasteiger partial charge is 0.192 e. The number of fused-ring (bicyclic) bond motifs is 2. The summed E-state index contributed by atoms with van der Waals surface area (Å²) in [5, 5.41) is 20.7. The molecular formula is C17H20N4S2. The summed E-state index contributed by atoms with van der Waals surface area (Å²) in [6.45, 7) is 2.32. The van der Waals surface area contributed by atoms with Crippen molar-refractivity contribution in [1.82, 2.24) is 14.8 Å². The van der Waals surface area contributed by atoms with Crippen molar-refractivity contribution in [2.24, 2.45) is 17.8 Å². The predicted molar refractivity (Wildman–Crippen MR) is 93.3 cm³/mol. The molecule has 2 bridgehead atoms. The van der Waals surface area contributed by atoms with Gasteiger partial charge in [-0.15, -0.1) is 21.5 Å². The van der Waals surface area contributed by atoms with E-state index < -0.39 is 0 Å². The number of nitrogens with zero attached hydrogens (tertiary/aromatic N) is 4. The molecule has 120 valence electrons. The monoisotopic (exact) mass is 344 g/mol. The Balaban J connectivity index is 1.69. The Kier molecular flexibility index (Phi) is 4.16. The lowest BCUT2D eigenvalue weighted by molar-refractivity contribution is 0.235. The number of hydrogen-bond acceptors (Lipinski definition) is 5. The summed E-state index contributed by atoms with van der Waals surface area (Å²) in [7, 11) is 0. The normalized spacial score (nSPS) is 27.2. The molecule has 2 fully saturated rings. The van der Waals surface area contributed by atoms with Crippen LogP contribution in [0, 0.1) is 29.1 Å². The topological polar surface area (TPSA) is 54.5 Å². The third-order valence-corrected chi connectivity index (χ3v) is 7.17. The molecule has 0 aromatic carbocycles. The third-order valence-electron chi connectivity index (χ3n) is 5.49. The minimum Gasteiger partial charge on any atom is -0.298 e. The van der Waals surface area contributed by atoms with E-state index in [4.69, 9.17) is 5.26 Å². The van der Waals surface area contributed by atoms with Crippen molar-refractivity contribution < 1.29 is 0 Å². The molecule has 0 saturated heterocycles. The summed E-state index contributed by atoms with van der Waals surface area (Å²) in [6, 6.07) is 6.78. The SMILES string of the molecule is C[C@H]([C@@H]1C[C@H]2CC[C@H]1C2)n1c(SCC#N)nnc1-c1cccs1. The van der Waals surface area contributed by atoms with Gasteiger partial charge in [0, 0.05) is 6.04 Å². The van der Waals surface area contributed by atoms with Gasteiger partial charge in [0.2, 0.25) is 0 Å². The van der Waals surface area contributed by atoms with E-state index in [9.17, 15) is 0 Å². The Morgan fingerprint density at radius 1 is 1.43 bits per heavy atom. The van der Waals surface area contributed by atoms with E-state index in [0.717, 1.165) is 33.6 Å². The molecule has 2 heterocycles. The van der Waals surface area contributed by atoms with Gasteiger partial charge in [0.1, 0.15) is 0 Å². The molecule has 4 atom stereocenters. The van der Waals surface area contributed by atoms with Crippen LogP contribution in [0.5, 0.6) is 0 Å². The molecule has 0 radical (unpaired) electrons. The van der Waals surface area contributed by atoms with Crippen molar-refractivity contribution in [3.05, 3.63) is 17.5 Å². The molecule has 2 aromatic rings. The summed E-state index contributed by atoms with van der Waals surface area (Å²) in [5.41, 5.74) is 0. The number of rotatable bonds is 5. The molecule has 0 aliphatic heterocycles. The van der Waals surface area contributed by atoms with Crippen molar-refractivity contribution in [2.45, 2.75) is 43.8 Å². The summed E-state index contributed by atoms with van der Waals surface area (Å²) >= 11 is 3.21. The summed E-state index contributed by atoms with van der Waals surface area (Å²) in [4.78, 5) is 1.16. The van der Waals surface area contributed by atoms with Crippen molar-refractivity contribution >= 4 is 23.1 Å². The molecule has 4 rings (SSSR count). The van der Waals surface area contributed by atoms with E-state index >= 15 is 0 Å². The molecule has 2 saturated carbocycles. The van der Waals surface area contributed by atoms with Crippen LogP contribution < -0.4 is 0 Å². The first-order valence-electron chi connectivity index (χ1n) is 8.26. The number of thiophene rings is 1. The Hall–Kier alpha value is -1.32. The Morgan fingerprint density at radius 3 is 3.00 bits per heavy atom. The molecule has 6 heteroatoms. The lowest BCUT2D eigenvalue weighted by Crippen LogP contribution is -2.23. The first-order valence-corrected chi connectivity index (χ1v) is 10.1. The minimum absolute atomic E-state index is 0.401. The van der Waals surface area contributed by atoms with E-state index in [2.05, 4.69) is 45.3 Å². The highest BCUT2D eigenvalue weighted by Gasteiger charge is 2.43. The summed E-state index contributed by atoms with van der Waals surface area (Å²) < 4.78 is 2.30.